The van der Waals surface area contributed by atoms with Crippen molar-refractivity contribution in [3.8, 4) is 0 Å². The van der Waals surface area contributed by atoms with Gasteiger partial charge in [-0.1, -0.05) is 0 Å². The Balaban J connectivity index is 1.76. The summed E-state index contributed by atoms with van der Waals surface area (Å²) in [5, 5.41) is 0. The number of hydrogen-bond acceptors (Lipinski definition) is 2. The first-order valence-electron chi connectivity index (χ1n) is 4.77. The number of primary amides is 1. The second-order valence-electron chi connectivity index (χ2n) is 4.09. The zero-order valence-electron chi connectivity index (χ0n) is 7.33. The maximum absolute atomic E-state index is 10.8. The first-order chi connectivity index (χ1) is 5.75. The van der Waals surface area contributed by atoms with Crippen LogP contribution in [0.3, 0.4) is 0 Å². The monoisotopic (exact) mass is 168 g/mol. The second-order valence-corrected chi connectivity index (χ2v) is 4.09. The van der Waals surface area contributed by atoms with Crippen molar-refractivity contribution in [2.45, 2.75) is 19.3 Å². The summed E-state index contributed by atoms with van der Waals surface area (Å²) >= 11 is 0. The van der Waals surface area contributed by atoms with E-state index in [1.807, 2.05) is 0 Å². The minimum absolute atomic E-state index is 0.117. The van der Waals surface area contributed by atoms with Gasteiger partial charge in [-0.3, -0.25) is 4.79 Å². The van der Waals surface area contributed by atoms with Crippen LogP contribution >= 0.6 is 0 Å². The van der Waals surface area contributed by atoms with E-state index in [4.69, 9.17) is 5.73 Å². The number of hydrogen-bond donors (Lipinski definition) is 1. The molecule has 2 N–H and O–H groups in total. The van der Waals surface area contributed by atoms with Crippen LogP contribution in [0.4, 0.5) is 0 Å². The number of likely N-dealkylation sites (tertiary alicyclic amines) is 1. The van der Waals surface area contributed by atoms with Crippen LogP contribution in [-0.4, -0.2) is 30.4 Å². The fourth-order valence-corrected chi connectivity index (χ4v) is 1.90. The lowest BCUT2D eigenvalue weighted by atomic mass is 10.1. The Bertz CT molecular complexity index is 189. The van der Waals surface area contributed by atoms with E-state index in [-0.39, 0.29) is 11.8 Å². The van der Waals surface area contributed by atoms with Gasteiger partial charge in [0.05, 0.1) is 5.92 Å². The standard InChI is InChI=1S/C9H16N2O/c10-9(12)8-3-4-11(6-8)5-7-1-2-7/h7-8H,1-6H2,(H2,10,12). The maximum Gasteiger partial charge on any atom is 0.221 e. The van der Waals surface area contributed by atoms with E-state index in [2.05, 4.69) is 4.90 Å². The highest BCUT2D eigenvalue weighted by Gasteiger charge is 2.30. The predicted octanol–water partition coefficient (Wildman–Crippen LogP) is 0.204. The largest absolute Gasteiger partial charge is 0.369 e. The molecule has 0 aromatic carbocycles. The van der Waals surface area contributed by atoms with Gasteiger partial charge in [-0.05, 0) is 31.7 Å². The topological polar surface area (TPSA) is 46.3 Å². The molecular formula is C9H16N2O. The van der Waals surface area contributed by atoms with Crippen molar-refractivity contribution in [1.29, 1.82) is 0 Å². The average Bonchev–Trinajstić information content (AvgIpc) is 2.66. The molecular weight excluding hydrogens is 152 g/mol. The molecule has 1 aliphatic carbocycles. The molecule has 2 rings (SSSR count). The van der Waals surface area contributed by atoms with Crippen LogP contribution < -0.4 is 5.73 Å². The van der Waals surface area contributed by atoms with Gasteiger partial charge >= 0.3 is 0 Å². The molecule has 1 saturated carbocycles. The van der Waals surface area contributed by atoms with Crippen molar-refractivity contribution in [3.05, 3.63) is 0 Å². The Morgan fingerprint density at radius 1 is 1.42 bits per heavy atom. The molecule has 0 bridgehead atoms. The van der Waals surface area contributed by atoms with E-state index in [0.717, 1.165) is 25.4 Å². The van der Waals surface area contributed by atoms with Gasteiger partial charge in [0.1, 0.15) is 0 Å². The SMILES string of the molecule is NC(=O)C1CCN(CC2CC2)C1. The molecule has 0 radical (unpaired) electrons. The van der Waals surface area contributed by atoms with Crippen molar-refractivity contribution in [2.75, 3.05) is 19.6 Å². The summed E-state index contributed by atoms with van der Waals surface area (Å²) in [5.41, 5.74) is 5.24. The van der Waals surface area contributed by atoms with Crippen LogP contribution in [0.5, 0.6) is 0 Å². The molecule has 0 spiro atoms. The minimum Gasteiger partial charge on any atom is -0.369 e. The van der Waals surface area contributed by atoms with Gasteiger partial charge in [0.2, 0.25) is 5.91 Å². The Kier molecular flexibility index (Phi) is 2.05. The van der Waals surface area contributed by atoms with E-state index in [0.29, 0.717) is 0 Å². The average molecular weight is 168 g/mol. The minimum atomic E-state index is -0.117. The zero-order chi connectivity index (χ0) is 8.55. The van der Waals surface area contributed by atoms with E-state index in [1.54, 1.807) is 0 Å². The third-order valence-electron chi connectivity index (χ3n) is 2.89. The molecule has 0 aromatic rings. The fraction of sp³-hybridized carbons (Fsp3) is 0.889. The number of nitrogens with two attached hydrogens (primary N) is 1. The molecule has 3 nitrogen and oxygen atoms in total. The predicted molar refractivity (Wildman–Crippen MR) is 46.5 cm³/mol. The smallest absolute Gasteiger partial charge is 0.221 e. The first kappa shape index (κ1) is 8.05. The third-order valence-corrected chi connectivity index (χ3v) is 2.89. The van der Waals surface area contributed by atoms with E-state index >= 15 is 0 Å². The summed E-state index contributed by atoms with van der Waals surface area (Å²) in [7, 11) is 0. The molecule has 2 aliphatic rings. The summed E-state index contributed by atoms with van der Waals surface area (Å²) in [6.07, 6.45) is 3.75. The van der Waals surface area contributed by atoms with Gasteiger partial charge in [-0.2, -0.15) is 0 Å². The molecule has 1 atom stereocenters. The molecule has 1 amide bonds. The van der Waals surface area contributed by atoms with Crippen LogP contribution in [0.2, 0.25) is 0 Å². The zero-order valence-corrected chi connectivity index (χ0v) is 7.33. The lowest BCUT2D eigenvalue weighted by molar-refractivity contribution is -0.121. The molecule has 68 valence electrons. The van der Waals surface area contributed by atoms with Gasteiger partial charge in [0.25, 0.3) is 0 Å². The maximum atomic E-state index is 10.8. The number of carbonyl (C=O) groups excluding carboxylic acids is 1. The fourth-order valence-electron chi connectivity index (χ4n) is 1.90. The molecule has 12 heavy (non-hydrogen) atoms. The van der Waals surface area contributed by atoms with E-state index in [1.165, 1.54) is 19.4 Å². The number of amides is 1. The van der Waals surface area contributed by atoms with Crippen LogP contribution in [0, 0.1) is 11.8 Å². The Morgan fingerprint density at radius 3 is 2.67 bits per heavy atom. The molecule has 1 aliphatic heterocycles. The normalized spacial score (nSPS) is 30.8. The molecule has 2 fully saturated rings. The van der Waals surface area contributed by atoms with Crippen molar-refractivity contribution >= 4 is 5.91 Å². The summed E-state index contributed by atoms with van der Waals surface area (Å²) in [5.74, 6) is 0.939. The summed E-state index contributed by atoms with van der Waals surface area (Å²) in [6.45, 7) is 3.18. The summed E-state index contributed by atoms with van der Waals surface area (Å²) in [4.78, 5) is 13.2. The van der Waals surface area contributed by atoms with Gasteiger partial charge in [-0.15, -0.1) is 0 Å². The van der Waals surface area contributed by atoms with Gasteiger partial charge < -0.3 is 10.6 Å². The summed E-state index contributed by atoms with van der Waals surface area (Å²) < 4.78 is 0. The van der Waals surface area contributed by atoms with Crippen molar-refractivity contribution < 1.29 is 4.79 Å². The quantitative estimate of drug-likeness (QED) is 0.654. The molecule has 1 unspecified atom stereocenters. The Hall–Kier alpha value is -0.570. The van der Waals surface area contributed by atoms with Gasteiger partial charge in [0.15, 0.2) is 0 Å². The van der Waals surface area contributed by atoms with E-state index < -0.39 is 0 Å². The van der Waals surface area contributed by atoms with Crippen molar-refractivity contribution in [1.82, 2.24) is 4.90 Å². The Morgan fingerprint density at radius 2 is 2.17 bits per heavy atom. The lowest BCUT2D eigenvalue weighted by Gasteiger charge is -2.13. The van der Waals surface area contributed by atoms with Gasteiger partial charge in [-0.25, -0.2) is 0 Å². The number of nitrogens with zero attached hydrogens (tertiary/aromatic N) is 1. The van der Waals surface area contributed by atoms with Crippen molar-refractivity contribution in [2.24, 2.45) is 17.6 Å². The van der Waals surface area contributed by atoms with Crippen LogP contribution in [0.25, 0.3) is 0 Å². The molecule has 1 saturated heterocycles. The Labute approximate surface area is 72.9 Å². The second kappa shape index (κ2) is 3.05. The van der Waals surface area contributed by atoms with Crippen LogP contribution in [-0.2, 0) is 4.79 Å². The van der Waals surface area contributed by atoms with Crippen LogP contribution in [0.1, 0.15) is 19.3 Å². The van der Waals surface area contributed by atoms with E-state index in [9.17, 15) is 4.79 Å². The lowest BCUT2D eigenvalue weighted by Crippen LogP contribution is -2.28. The van der Waals surface area contributed by atoms with Crippen molar-refractivity contribution in [3.63, 3.8) is 0 Å². The molecule has 3 heteroatoms. The van der Waals surface area contributed by atoms with Gasteiger partial charge in [0, 0.05) is 13.1 Å². The highest BCUT2D eigenvalue weighted by molar-refractivity contribution is 5.77. The highest BCUT2D eigenvalue weighted by atomic mass is 16.1. The number of carbonyl (C=O) groups is 1. The summed E-state index contributed by atoms with van der Waals surface area (Å²) in [6, 6.07) is 0. The number of rotatable bonds is 3. The molecule has 1 heterocycles. The molecule has 0 aromatic heterocycles. The van der Waals surface area contributed by atoms with Crippen LogP contribution in [0.15, 0.2) is 0 Å². The highest BCUT2D eigenvalue weighted by Crippen LogP contribution is 2.31. The third kappa shape index (κ3) is 1.78. The first-order valence-corrected chi connectivity index (χ1v) is 4.77.